The van der Waals surface area contributed by atoms with Gasteiger partial charge >= 0.3 is 0 Å². The van der Waals surface area contributed by atoms with Crippen molar-refractivity contribution in [2.24, 2.45) is 0 Å². The van der Waals surface area contributed by atoms with Gasteiger partial charge in [0.1, 0.15) is 5.58 Å². The Labute approximate surface area is 94.7 Å². The van der Waals surface area contributed by atoms with Crippen LogP contribution >= 0.6 is 0 Å². The lowest BCUT2D eigenvalue weighted by atomic mass is 10.2. The summed E-state index contributed by atoms with van der Waals surface area (Å²) in [4.78, 5) is 13.8. The van der Waals surface area contributed by atoms with Crippen molar-refractivity contribution in [1.82, 2.24) is 4.90 Å². The summed E-state index contributed by atoms with van der Waals surface area (Å²) in [5.74, 6) is 0.381. The summed E-state index contributed by atoms with van der Waals surface area (Å²) in [5.41, 5.74) is 0.762. The molecule has 0 N–H and O–H groups in total. The molecule has 0 saturated heterocycles. The quantitative estimate of drug-likeness (QED) is 0.792. The summed E-state index contributed by atoms with van der Waals surface area (Å²) in [5, 5.41) is 0.970. The highest BCUT2D eigenvalue weighted by Gasteiger charge is 2.16. The molecule has 3 heteroatoms. The minimum Gasteiger partial charge on any atom is -0.451 e. The van der Waals surface area contributed by atoms with E-state index in [2.05, 4.69) is 0 Å². The zero-order valence-corrected chi connectivity index (χ0v) is 9.56. The molecule has 0 aliphatic rings. The second-order valence-corrected chi connectivity index (χ2v) is 3.63. The van der Waals surface area contributed by atoms with Gasteiger partial charge < -0.3 is 9.32 Å². The Morgan fingerprint density at radius 3 is 2.56 bits per heavy atom. The van der Waals surface area contributed by atoms with Crippen molar-refractivity contribution in [3.8, 4) is 0 Å². The SMILES string of the molecule is CCN(CC)C(=O)c1cc2ccccc2o1. The zero-order valence-electron chi connectivity index (χ0n) is 9.56. The number of furan rings is 1. The van der Waals surface area contributed by atoms with Gasteiger partial charge in [0.2, 0.25) is 0 Å². The predicted octanol–water partition coefficient (Wildman–Crippen LogP) is 2.91. The fraction of sp³-hybridized carbons (Fsp3) is 0.308. The van der Waals surface area contributed by atoms with E-state index in [4.69, 9.17) is 4.42 Å². The first-order valence-corrected chi connectivity index (χ1v) is 5.54. The highest BCUT2D eigenvalue weighted by atomic mass is 16.3. The molecule has 0 bridgehead atoms. The number of carbonyl (C=O) groups is 1. The summed E-state index contributed by atoms with van der Waals surface area (Å²) < 4.78 is 5.52. The molecule has 3 nitrogen and oxygen atoms in total. The van der Waals surface area contributed by atoms with Crippen molar-refractivity contribution in [1.29, 1.82) is 0 Å². The second-order valence-electron chi connectivity index (χ2n) is 3.63. The minimum atomic E-state index is -0.0406. The first kappa shape index (κ1) is 10.7. The molecular formula is C13H15NO2. The fourth-order valence-electron chi connectivity index (χ4n) is 1.75. The number of hydrogen-bond acceptors (Lipinski definition) is 2. The van der Waals surface area contributed by atoms with Crippen molar-refractivity contribution in [2.75, 3.05) is 13.1 Å². The normalized spacial score (nSPS) is 10.6. The molecule has 0 aliphatic carbocycles. The molecule has 0 spiro atoms. The largest absolute Gasteiger partial charge is 0.451 e. The van der Waals surface area contributed by atoms with Gasteiger partial charge in [-0.15, -0.1) is 0 Å². The van der Waals surface area contributed by atoms with E-state index in [1.54, 1.807) is 11.0 Å². The Balaban J connectivity index is 2.36. The average molecular weight is 217 g/mol. The van der Waals surface area contributed by atoms with Crippen molar-refractivity contribution in [3.63, 3.8) is 0 Å². The van der Waals surface area contributed by atoms with Crippen LogP contribution in [0.3, 0.4) is 0 Å². The number of para-hydroxylation sites is 1. The topological polar surface area (TPSA) is 33.5 Å². The molecule has 0 saturated carbocycles. The van der Waals surface area contributed by atoms with Crippen LogP contribution in [0.2, 0.25) is 0 Å². The van der Waals surface area contributed by atoms with E-state index in [0.717, 1.165) is 11.0 Å². The van der Waals surface area contributed by atoms with Gasteiger partial charge in [0.25, 0.3) is 5.91 Å². The summed E-state index contributed by atoms with van der Waals surface area (Å²) in [6.07, 6.45) is 0. The first-order valence-electron chi connectivity index (χ1n) is 5.54. The molecule has 16 heavy (non-hydrogen) atoms. The van der Waals surface area contributed by atoms with Crippen LogP contribution < -0.4 is 0 Å². The summed E-state index contributed by atoms with van der Waals surface area (Å²) >= 11 is 0. The average Bonchev–Trinajstić information content (AvgIpc) is 2.74. The van der Waals surface area contributed by atoms with Gasteiger partial charge in [-0.3, -0.25) is 4.79 Å². The fourth-order valence-corrected chi connectivity index (χ4v) is 1.75. The van der Waals surface area contributed by atoms with Crippen LogP contribution in [0, 0.1) is 0 Å². The lowest BCUT2D eigenvalue weighted by Crippen LogP contribution is -2.30. The van der Waals surface area contributed by atoms with E-state index in [-0.39, 0.29) is 5.91 Å². The third-order valence-electron chi connectivity index (χ3n) is 2.69. The summed E-state index contributed by atoms with van der Waals surface area (Å²) in [7, 11) is 0. The molecular weight excluding hydrogens is 202 g/mol. The Kier molecular flexibility index (Phi) is 2.95. The molecule has 2 rings (SSSR count). The van der Waals surface area contributed by atoms with Gasteiger partial charge in [0.05, 0.1) is 0 Å². The summed E-state index contributed by atoms with van der Waals surface area (Å²) in [6, 6.07) is 9.45. The number of hydrogen-bond donors (Lipinski definition) is 0. The van der Waals surface area contributed by atoms with E-state index in [1.165, 1.54) is 0 Å². The maximum atomic E-state index is 12.0. The molecule has 84 valence electrons. The van der Waals surface area contributed by atoms with Gasteiger partial charge in [-0.05, 0) is 26.0 Å². The van der Waals surface area contributed by atoms with Gasteiger partial charge in [-0.25, -0.2) is 0 Å². The first-order chi connectivity index (χ1) is 7.76. The highest BCUT2D eigenvalue weighted by Crippen LogP contribution is 2.19. The molecule has 0 atom stereocenters. The number of nitrogens with zero attached hydrogens (tertiary/aromatic N) is 1. The van der Waals surface area contributed by atoms with Crippen LogP contribution in [0.1, 0.15) is 24.4 Å². The van der Waals surface area contributed by atoms with Crippen molar-refractivity contribution in [2.45, 2.75) is 13.8 Å². The lowest BCUT2D eigenvalue weighted by molar-refractivity contribution is 0.0743. The van der Waals surface area contributed by atoms with E-state index < -0.39 is 0 Å². The third-order valence-corrected chi connectivity index (χ3v) is 2.69. The molecule has 0 fully saturated rings. The number of benzene rings is 1. The smallest absolute Gasteiger partial charge is 0.289 e. The molecule has 0 radical (unpaired) electrons. The third kappa shape index (κ3) is 1.81. The van der Waals surface area contributed by atoms with E-state index in [1.807, 2.05) is 38.1 Å². The van der Waals surface area contributed by atoms with Gasteiger partial charge in [0.15, 0.2) is 5.76 Å². The molecule has 1 heterocycles. The van der Waals surface area contributed by atoms with E-state index in [0.29, 0.717) is 18.8 Å². The zero-order chi connectivity index (χ0) is 11.5. The maximum Gasteiger partial charge on any atom is 0.289 e. The van der Waals surface area contributed by atoms with Crippen LogP contribution in [-0.4, -0.2) is 23.9 Å². The maximum absolute atomic E-state index is 12.0. The van der Waals surface area contributed by atoms with Crippen molar-refractivity contribution < 1.29 is 9.21 Å². The predicted molar refractivity (Wildman–Crippen MR) is 63.5 cm³/mol. The molecule has 2 aromatic rings. The summed E-state index contributed by atoms with van der Waals surface area (Å²) in [6.45, 7) is 5.33. The Bertz CT molecular complexity index is 464. The van der Waals surface area contributed by atoms with E-state index in [9.17, 15) is 4.79 Å². The second kappa shape index (κ2) is 4.39. The minimum absolute atomic E-state index is 0.0406. The monoisotopic (exact) mass is 217 g/mol. The van der Waals surface area contributed by atoms with Gasteiger partial charge in [-0.2, -0.15) is 0 Å². The Morgan fingerprint density at radius 1 is 1.25 bits per heavy atom. The van der Waals surface area contributed by atoms with Crippen LogP contribution in [0.4, 0.5) is 0 Å². The molecule has 0 unspecified atom stereocenters. The van der Waals surface area contributed by atoms with Crippen LogP contribution in [0.5, 0.6) is 0 Å². The van der Waals surface area contributed by atoms with Crippen LogP contribution in [-0.2, 0) is 0 Å². The molecule has 0 aliphatic heterocycles. The number of fused-ring (bicyclic) bond motifs is 1. The molecule has 1 aromatic heterocycles. The standard InChI is InChI=1S/C13H15NO2/c1-3-14(4-2)13(15)12-9-10-7-5-6-8-11(10)16-12/h5-9H,3-4H2,1-2H3. The Hall–Kier alpha value is -1.77. The number of amides is 1. The highest BCUT2D eigenvalue weighted by molar-refractivity contribution is 5.96. The lowest BCUT2D eigenvalue weighted by Gasteiger charge is -2.16. The van der Waals surface area contributed by atoms with E-state index >= 15 is 0 Å². The van der Waals surface area contributed by atoms with Crippen molar-refractivity contribution >= 4 is 16.9 Å². The van der Waals surface area contributed by atoms with Gasteiger partial charge in [-0.1, -0.05) is 18.2 Å². The number of carbonyl (C=O) groups excluding carboxylic acids is 1. The molecule has 1 amide bonds. The van der Waals surface area contributed by atoms with Crippen molar-refractivity contribution in [3.05, 3.63) is 36.1 Å². The number of rotatable bonds is 3. The molecule has 1 aromatic carbocycles. The van der Waals surface area contributed by atoms with Crippen LogP contribution in [0.25, 0.3) is 11.0 Å². The Morgan fingerprint density at radius 2 is 1.94 bits per heavy atom. The van der Waals surface area contributed by atoms with Crippen LogP contribution in [0.15, 0.2) is 34.7 Å². The van der Waals surface area contributed by atoms with Gasteiger partial charge in [0, 0.05) is 18.5 Å².